The van der Waals surface area contributed by atoms with E-state index in [0.29, 0.717) is 23.3 Å². The van der Waals surface area contributed by atoms with Crippen LogP contribution >= 0.6 is 34.2 Å². The quantitative estimate of drug-likeness (QED) is 0.623. The number of rotatable bonds is 3. The maximum Gasteiger partial charge on any atom is 0.179 e. The van der Waals surface area contributed by atoms with Gasteiger partial charge in [0.2, 0.25) is 0 Å². The lowest BCUT2D eigenvalue weighted by atomic mass is 10.3. The van der Waals surface area contributed by atoms with Crippen molar-refractivity contribution >= 4 is 34.2 Å². The molecule has 0 N–H and O–H groups in total. The van der Waals surface area contributed by atoms with Gasteiger partial charge in [0.1, 0.15) is 10.8 Å². The molecule has 6 heteroatoms. The summed E-state index contributed by atoms with van der Waals surface area (Å²) < 4.78 is 5.89. The van der Waals surface area contributed by atoms with Gasteiger partial charge in [-0.3, -0.25) is 4.98 Å². The molecule has 0 atom stereocenters. The Kier molecular flexibility index (Phi) is 4.25. The fourth-order valence-electron chi connectivity index (χ4n) is 1.30. The van der Waals surface area contributed by atoms with Crippen molar-refractivity contribution in [2.45, 2.75) is 6.61 Å². The van der Waals surface area contributed by atoms with Gasteiger partial charge in [-0.2, -0.15) is 0 Å². The second kappa shape index (κ2) is 5.70. The highest BCUT2D eigenvalue weighted by atomic mass is 127. The van der Waals surface area contributed by atoms with Crippen LogP contribution in [0.25, 0.3) is 11.5 Å². The van der Waals surface area contributed by atoms with Crippen LogP contribution in [0.3, 0.4) is 0 Å². The Hall–Kier alpha value is -0.790. The van der Waals surface area contributed by atoms with Gasteiger partial charge in [-0.15, -0.1) is 0 Å². The molecule has 0 saturated heterocycles. The number of hydrogen-bond acceptors (Lipinski definition) is 4. The summed E-state index contributed by atoms with van der Waals surface area (Å²) in [5, 5.41) is 0.424. The third-order valence-corrected chi connectivity index (χ3v) is 3.78. The summed E-state index contributed by atoms with van der Waals surface area (Å²) in [6.07, 6.45) is 1.69. The van der Waals surface area contributed by atoms with E-state index in [1.165, 1.54) is 0 Å². The number of ether oxygens (including phenoxy) is 1. The predicted octanol–water partition coefficient (Wildman–Crippen LogP) is 2.94. The third-order valence-electron chi connectivity index (χ3n) is 2.05. The Balaban J connectivity index is 2.49. The monoisotopic (exact) mass is 361 g/mol. The maximum atomic E-state index is 6.06. The summed E-state index contributed by atoms with van der Waals surface area (Å²) in [7, 11) is 1.62. The van der Waals surface area contributed by atoms with E-state index in [9.17, 15) is 0 Å². The van der Waals surface area contributed by atoms with Crippen molar-refractivity contribution in [2.24, 2.45) is 0 Å². The highest BCUT2D eigenvalue weighted by Crippen LogP contribution is 2.23. The summed E-state index contributed by atoms with van der Waals surface area (Å²) in [6, 6.07) is 5.57. The Bertz CT molecular complexity index is 522. The van der Waals surface area contributed by atoms with Crippen LogP contribution in [-0.4, -0.2) is 22.1 Å². The van der Waals surface area contributed by atoms with Gasteiger partial charge in [-0.25, -0.2) is 9.97 Å². The summed E-state index contributed by atoms with van der Waals surface area (Å²) in [5.41, 5.74) is 1.47. The van der Waals surface area contributed by atoms with Crippen molar-refractivity contribution in [3.8, 4) is 11.5 Å². The number of pyridine rings is 1. The summed E-state index contributed by atoms with van der Waals surface area (Å²) in [5.74, 6) is 0.517. The van der Waals surface area contributed by atoms with Gasteiger partial charge in [0, 0.05) is 13.3 Å². The molecule has 0 aliphatic heterocycles. The molecule has 2 rings (SSSR count). The third kappa shape index (κ3) is 2.91. The number of aromatic nitrogens is 3. The second-order valence-electron chi connectivity index (χ2n) is 3.25. The van der Waals surface area contributed by atoms with Crippen molar-refractivity contribution in [3.05, 3.63) is 38.8 Å². The first-order valence-corrected chi connectivity index (χ1v) is 6.30. The van der Waals surface area contributed by atoms with Crippen molar-refractivity contribution in [1.82, 2.24) is 15.0 Å². The standard InChI is InChI=1S/C11H9ClIN3O/c1-17-6-8-9(13)10(12)16-11(15-8)7-4-2-3-5-14-7/h2-5H,6H2,1H3. The predicted molar refractivity (Wildman–Crippen MR) is 73.7 cm³/mol. The van der Waals surface area contributed by atoms with Crippen LogP contribution in [0.15, 0.2) is 24.4 Å². The fourth-order valence-corrected chi connectivity index (χ4v) is 1.89. The molecule has 2 aromatic heterocycles. The molecular weight excluding hydrogens is 352 g/mol. The minimum atomic E-state index is 0.403. The molecule has 0 amide bonds. The molecule has 0 aromatic carbocycles. The Morgan fingerprint density at radius 3 is 2.82 bits per heavy atom. The van der Waals surface area contributed by atoms with E-state index >= 15 is 0 Å². The lowest BCUT2D eigenvalue weighted by Gasteiger charge is -2.06. The van der Waals surface area contributed by atoms with Crippen LogP contribution < -0.4 is 0 Å². The van der Waals surface area contributed by atoms with Gasteiger partial charge in [-0.05, 0) is 34.7 Å². The van der Waals surface area contributed by atoms with E-state index < -0.39 is 0 Å². The first kappa shape index (κ1) is 12.7. The molecule has 0 saturated carbocycles. The highest BCUT2D eigenvalue weighted by molar-refractivity contribution is 14.1. The molecule has 2 heterocycles. The molecule has 88 valence electrons. The minimum Gasteiger partial charge on any atom is -0.378 e. The average molecular weight is 362 g/mol. The van der Waals surface area contributed by atoms with Crippen LogP contribution in [-0.2, 0) is 11.3 Å². The number of halogens is 2. The Labute approximate surface area is 118 Å². The van der Waals surface area contributed by atoms with Crippen molar-refractivity contribution in [2.75, 3.05) is 7.11 Å². The van der Waals surface area contributed by atoms with Gasteiger partial charge in [-0.1, -0.05) is 17.7 Å². The number of methoxy groups -OCH3 is 1. The first-order chi connectivity index (χ1) is 8.22. The lowest BCUT2D eigenvalue weighted by Crippen LogP contribution is -2.02. The summed E-state index contributed by atoms with van der Waals surface area (Å²) in [6.45, 7) is 0.403. The van der Waals surface area contributed by atoms with E-state index in [1.807, 2.05) is 18.2 Å². The van der Waals surface area contributed by atoms with Gasteiger partial charge in [0.25, 0.3) is 0 Å². The van der Waals surface area contributed by atoms with Crippen LogP contribution in [0.2, 0.25) is 5.15 Å². The minimum absolute atomic E-state index is 0.403. The van der Waals surface area contributed by atoms with E-state index in [1.54, 1.807) is 13.3 Å². The van der Waals surface area contributed by atoms with Crippen LogP contribution in [0, 0.1) is 3.57 Å². The van der Waals surface area contributed by atoms with Crippen LogP contribution in [0.4, 0.5) is 0 Å². The van der Waals surface area contributed by atoms with E-state index in [2.05, 4.69) is 37.5 Å². The molecule has 0 aliphatic rings. The molecule has 0 fully saturated rings. The van der Waals surface area contributed by atoms with Gasteiger partial charge >= 0.3 is 0 Å². The smallest absolute Gasteiger partial charge is 0.179 e. The molecule has 17 heavy (non-hydrogen) atoms. The average Bonchev–Trinajstić information content (AvgIpc) is 2.36. The van der Waals surface area contributed by atoms with Crippen LogP contribution in [0.5, 0.6) is 0 Å². The topological polar surface area (TPSA) is 47.9 Å². The van der Waals surface area contributed by atoms with E-state index in [0.717, 1.165) is 9.26 Å². The maximum absolute atomic E-state index is 6.06. The van der Waals surface area contributed by atoms with Gasteiger partial charge < -0.3 is 4.74 Å². The lowest BCUT2D eigenvalue weighted by molar-refractivity contribution is 0.181. The van der Waals surface area contributed by atoms with Crippen LogP contribution in [0.1, 0.15) is 5.69 Å². The van der Waals surface area contributed by atoms with Crippen molar-refractivity contribution < 1.29 is 4.74 Å². The number of nitrogens with zero attached hydrogens (tertiary/aromatic N) is 3. The number of hydrogen-bond donors (Lipinski definition) is 0. The highest BCUT2D eigenvalue weighted by Gasteiger charge is 2.12. The summed E-state index contributed by atoms with van der Waals surface area (Å²) in [4.78, 5) is 12.8. The molecular formula is C11H9ClIN3O. The molecule has 0 bridgehead atoms. The van der Waals surface area contributed by atoms with Gasteiger partial charge in [0.15, 0.2) is 5.82 Å². The largest absolute Gasteiger partial charge is 0.378 e. The first-order valence-electron chi connectivity index (χ1n) is 4.84. The molecule has 2 aromatic rings. The zero-order chi connectivity index (χ0) is 12.3. The van der Waals surface area contributed by atoms with E-state index in [-0.39, 0.29) is 0 Å². The van der Waals surface area contributed by atoms with Crippen molar-refractivity contribution in [1.29, 1.82) is 0 Å². The van der Waals surface area contributed by atoms with Gasteiger partial charge in [0.05, 0.1) is 15.9 Å². The summed E-state index contributed by atoms with van der Waals surface area (Å²) >= 11 is 8.17. The molecule has 0 unspecified atom stereocenters. The second-order valence-corrected chi connectivity index (χ2v) is 4.68. The fraction of sp³-hybridized carbons (Fsp3) is 0.182. The normalized spacial score (nSPS) is 10.5. The molecule has 0 radical (unpaired) electrons. The van der Waals surface area contributed by atoms with E-state index in [4.69, 9.17) is 16.3 Å². The zero-order valence-corrected chi connectivity index (χ0v) is 11.9. The Morgan fingerprint density at radius 2 is 2.18 bits per heavy atom. The Morgan fingerprint density at radius 1 is 1.35 bits per heavy atom. The molecule has 0 aliphatic carbocycles. The zero-order valence-electron chi connectivity index (χ0n) is 9.02. The molecule has 0 spiro atoms. The van der Waals surface area contributed by atoms with Crippen molar-refractivity contribution in [3.63, 3.8) is 0 Å². The SMILES string of the molecule is COCc1nc(-c2ccccn2)nc(Cl)c1I. The molecule has 4 nitrogen and oxygen atoms in total.